The van der Waals surface area contributed by atoms with Gasteiger partial charge in [0.2, 0.25) is 5.91 Å². The highest BCUT2D eigenvalue weighted by atomic mass is 127. The zero-order valence-electron chi connectivity index (χ0n) is 19.4. The lowest BCUT2D eigenvalue weighted by atomic mass is 10.1. The predicted octanol–water partition coefficient (Wildman–Crippen LogP) is 4.04. The van der Waals surface area contributed by atoms with E-state index < -0.39 is 0 Å². The Bertz CT molecular complexity index is 641. The van der Waals surface area contributed by atoms with E-state index in [1.807, 2.05) is 58.9 Å². The predicted molar refractivity (Wildman–Crippen MR) is 135 cm³/mol. The lowest BCUT2D eigenvalue weighted by molar-refractivity contribution is -0.121. The van der Waals surface area contributed by atoms with E-state index in [2.05, 4.69) is 34.8 Å². The molecule has 0 aliphatic rings. The van der Waals surface area contributed by atoms with E-state index >= 15 is 0 Å². The van der Waals surface area contributed by atoms with Gasteiger partial charge in [0.1, 0.15) is 12.3 Å². The molecule has 0 saturated heterocycles. The SMILES string of the molecule is CC(C)COCCNC(=NCC(=O)NC(C)(C)C)Nc1ccc(OC(C)C)cc1.I. The minimum atomic E-state index is -0.287. The van der Waals surface area contributed by atoms with Gasteiger partial charge in [0.15, 0.2) is 5.96 Å². The minimum absolute atomic E-state index is 0. The monoisotopic (exact) mass is 534 g/mol. The molecule has 1 aromatic carbocycles. The molecule has 0 radical (unpaired) electrons. The van der Waals surface area contributed by atoms with E-state index in [0.29, 0.717) is 31.6 Å². The molecule has 0 atom stereocenters. The third-order valence-electron chi connectivity index (χ3n) is 3.37. The summed E-state index contributed by atoms with van der Waals surface area (Å²) in [4.78, 5) is 16.5. The number of amides is 1. The summed E-state index contributed by atoms with van der Waals surface area (Å²) in [5.41, 5.74) is 0.566. The first kappa shape index (κ1) is 28.5. The Morgan fingerprint density at radius 3 is 2.27 bits per heavy atom. The summed E-state index contributed by atoms with van der Waals surface area (Å²) in [5.74, 6) is 1.70. The number of hydrogen-bond acceptors (Lipinski definition) is 4. The summed E-state index contributed by atoms with van der Waals surface area (Å²) in [6.45, 7) is 15.9. The topological polar surface area (TPSA) is 84.0 Å². The van der Waals surface area contributed by atoms with Crippen LogP contribution in [0.1, 0.15) is 48.5 Å². The molecule has 0 fully saturated rings. The van der Waals surface area contributed by atoms with Crippen molar-refractivity contribution in [3.05, 3.63) is 24.3 Å². The summed E-state index contributed by atoms with van der Waals surface area (Å²) in [6, 6.07) is 7.63. The number of ether oxygens (including phenoxy) is 2. The van der Waals surface area contributed by atoms with Crippen molar-refractivity contribution >= 4 is 41.5 Å². The minimum Gasteiger partial charge on any atom is -0.491 e. The van der Waals surface area contributed by atoms with Crippen molar-refractivity contribution in [1.29, 1.82) is 0 Å². The van der Waals surface area contributed by atoms with Crippen molar-refractivity contribution < 1.29 is 14.3 Å². The highest BCUT2D eigenvalue weighted by Gasteiger charge is 2.13. The second-order valence-corrected chi connectivity index (χ2v) is 8.67. The van der Waals surface area contributed by atoms with Crippen LogP contribution in [0.3, 0.4) is 0 Å². The number of nitrogens with zero attached hydrogens (tertiary/aromatic N) is 1. The van der Waals surface area contributed by atoms with Gasteiger partial charge in [0, 0.05) is 24.4 Å². The van der Waals surface area contributed by atoms with E-state index in [-0.39, 0.29) is 48.1 Å². The largest absolute Gasteiger partial charge is 0.491 e. The molecule has 172 valence electrons. The maximum Gasteiger partial charge on any atom is 0.242 e. The standard InChI is InChI=1S/C22H38N4O3.HI/c1-16(2)15-28-13-12-23-21(24-14-20(27)26-22(5,6)7)25-18-8-10-19(11-9-18)29-17(3)4;/h8-11,16-17H,12-15H2,1-7H3,(H,26,27)(H2,23,24,25);1H. The molecule has 7 nitrogen and oxygen atoms in total. The van der Waals surface area contributed by atoms with E-state index in [1.54, 1.807) is 0 Å². The Balaban J connectivity index is 0.00000841. The van der Waals surface area contributed by atoms with Gasteiger partial charge in [-0.3, -0.25) is 4.79 Å². The Labute approximate surface area is 198 Å². The van der Waals surface area contributed by atoms with Crippen molar-refractivity contribution in [2.24, 2.45) is 10.9 Å². The first-order valence-corrected chi connectivity index (χ1v) is 10.3. The average Bonchev–Trinajstić information content (AvgIpc) is 2.58. The van der Waals surface area contributed by atoms with Gasteiger partial charge in [-0.1, -0.05) is 13.8 Å². The van der Waals surface area contributed by atoms with Crippen molar-refractivity contribution in [1.82, 2.24) is 10.6 Å². The number of rotatable bonds is 10. The fourth-order valence-electron chi connectivity index (χ4n) is 2.33. The van der Waals surface area contributed by atoms with Gasteiger partial charge >= 0.3 is 0 Å². The van der Waals surface area contributed by atoms with Crippen LogP contribution in [-0.4, -0.2) is 49.8 Å². The van der Waals surface area contributed by atoms with Crippen LogP contribution in [0, 0.1) is 5.92 Å². The number of benzene rings is 1. The van der Waals surface area contributed by atoms with Crippen molar-refractivity contribution in [2.75, 3.05) is 31.6 Å². The Morgan fingerprint density at radius 1 is 1.10 bits per heavy atom. The van der Waals surface area contributed by atoms with E-state index in [0.717, 1.165) is 11.4 Å². The molecule has 0 aliphatic carbocycles. The van der Waals surface area contributed by atoms with Gasteiger partial charge < -0.3 is 25.4 Å². The third-order valence-corrected chi connectivity index (χ3v) is 3.37. The molecular weight excluding hydrogens is 495 g/mol. The molecule has 0 aliphatic heterocycles. The van der Waals surface area contributed by atoms with Crippen LogP contribution in [0.5, 0.6) is 5.75 Å². The first-order chi connectivity index (χ1) is 13.5. The van der Waals surface area contributed by atoms with Gasteiger partial charge in [-0.05, 0) is 64.8 Å². The molecule has 0 aromatic heterocycles. The molecule has 0 bridgehead atoms. The van der Waals surface area contributed by atoms with Gasteiger partial charge in [-0.25, -0.2) is 4.99 Å². The van der Waals surface area contributed by atoms with E-state index in [9.17, 15) is 4.79 Å². The zero-order valence-corrected chi connectivity index (χ0v) is 21.7. The average molecular weight is 534 g/mol. The smallest absolute Gasteiger partial charge is 0.242 e. The summed E-state index contributed by atoms with van der Waals surface area (Å²) < 4.78 is 11.3. The maximum absolute atomic E-state index is 12.1. The van der Waals surface area contributed by atoms with Gasteiger partial charge in [0.05, 0.1) is 12.7 Å². The highest BCUT2D eigenvalue weighted by Crippen LogP contribution is 2.16. The number of halogens is 1. The number of aliphatic imine (C=N–C) groups is 1. The summed E-state index contributed by atoms with van der Waals surface area (Å²) in [7, 11) is 0. The second kappa shape index (κ2) is 14.5. The summed E-state index contributed by atoms with van der Waals surface area (Å²) >= 11 is 0. The maximum atomic E-state index is 12.1. The molecular formula is C22H39IN4O3. The van der Waals surface area contributed by atoms with Gasteiger partial charge in [-0.2, -0.15) is 0 Å². The Morgan fingerprint density at radius 2 is 1.73 bits per heavy atom. The molecule has 8 heteroatoms. The first-order valence-electron chi connectivity index (χ1n) is 10.3. The van der Waals surface area contributed by atoms with Crippen molar-refractivity contribution in [3.8, 4) is 5.75 Å². The number of anilines is 1. The molecule has 1 aromatic rings. The number of hydrogen-bond donors (Lipinski definition) is 3. The fourth-order valence-corrected chi connectivity index (χ4v) is 2.33. The van der Waals surface area contributed by atoms with Crippen molar-refractivity contribution in [3.63, 3.8) is 0 Å². The van der Waals surface area contributed by atoms with Crippen LogP contribution in [0.25, 0.3) is 0 Å². The van der Waals surface area contributed by atoms with Crippen LogP contribution in [0.15, 0.2) is 29.3 Å². The molecule has 1 amide bonds. The molecule has 0 heterocycles. The fraction of sp³-hybridized carbons (Fsp3) is 0.636. The second-order valence-electron chi connectivity index (χ2n) is 8.67. The number of nitrogens with one attached hydrogen (secondary N) is 3. The van der Waals surface area contributed by atoms with Crippen LogP contribution in [0.2, 0.25) is 0 Å². The Kier molecular flexibility index (Phi) is 13.7. The van der Waals surface area contributed by atoms with E-state index in [1.165, 1.54) is 0 Å². The zero-order chi connectivity index (χ0) is 21.9. The molecule has 0 spiro atoms. The summed E-state index contributed by atoms with van der Waals surface area (Å²) in [6.07, 6.45) is 0.125. The van der Waals surface area contributed by atoms with E-state index in [4.69, 9.17) is 9.47 Å². The van der Waals surface area contributed by atoms with Crippen LogP contribution in [-0.2, 0) is 9.53 Å². The molecule has 1 rings (SSSR count). The molecule has 3 N–H and O–H groups in total. The number of carbonyl (C=O) groups excluding carboxylic acids is 1. The quantitative estimate of drug-likeness (QED) is 0.183. The number of guanidine groups is 1. The van der Waals surface area contributed by atoms with Crippen LogP contribution >= 0.6 is 24.0 Å². The third kappa shape index (κ3) is 14.4. The van der Waals surface area contributed by atoms with Crippen LogP contribution < -0.4 is 20.7 Å². The lowest BCUT2D eigenvalue weighted by Gasteiger charge is -2.20. The molecule has 0 saturated carbocycles. The van der Waals surface area contributed by atoms with Crippen LogP contribution in [0.4, 0.5) is 5.69 Å². The highest BCUT2D eigenvalue weighted by molar-refractivity contribution is 14.0. The molecule has 30 heavy (non-hydrogen) atoms. The normalized spacial score (nSPS) is 11.8. The number of carbonyl (C=O) groups is 1. The molecule has 0 unspecified atom stereocenters. The Hall–Kier alpha value is -1.55. The lowest BCUT2D eigenvalue weighted by Crippen LogP contribution is -2.42. The van der Waals surface area contributed by atoms with Crippen molar-refractivity contribution in [2.45, 2.75) is 60.1 Å². The summed E-state index contributed by atoms with van der Waals surface area (Å²) in [5, 5.41) is 9.34. The van der Waals surface area contributed by atoms with Gasteiger partial charge in [-0.15, -0.1) is 24.0 Å². The van der Waals surface area contributed by atoms with Gasteiger partial charge in [0.25, 0.3) is 0 Å².